The Kier molecular flexibility index (Phi) is 5.61. The highest BCUT2D eigenvalue weighted by Crippen LogP contribution is 2.11. The van der Waals surface area contributed by atoms with Gasteiger partial charge in [-0.25, -0.2) is 8.42 Å². The van der Waals surface area contributed by atoms with E-state index >= 15 is 0 Å². The van der Waals surface area contributed by atoms with Crippen LogP contribution in [0.15, 0.2) is 0 Å². The third-order valence-electron chi connectivity index (χ3n) is 1.44. The van der Waals surface area contributed by atoms with E-state index in [1.807, 2.05) is 0 Å². The highest BCUT2D eigenvalue weighted by atomic mass is 32.2. The van der Waals surface area contributed by atoms with Crippen molar-refractivity contribution in [1.29, 1.82) is 0 Å². The largest absolute Gasteiger partial charge is 0.480 e. The van der Waals surface area contributed by atoms with Crippen LogP contribution in [0.1, 0.15) is 0 Å². The number of halogens is 2. The first kappa shape index (κ1) is 14.2. The number of ether oxygens (including phenoxy) is 1. The third kappa shape index (κ3) is 4.49. The Bertz CT molecular complexity index is 305. The number of nitrogens with zero attached hydrogens (tertiary/aromatic N) is 1. The van der Waals surface area contributed by atoms with Gasteiger partial charge in [-0.2, -0.15) is 13.1 Å². The van der Waals surface area contributed by atoms with E-state index in [9.17, 15) is 22.0 Å². The number of alkyl halides is 2. The summed E-state index contributed by atoms with van der Waals surface area (Å²) in [7, 11) is -3.62. The van der Waals surface area contributed by atoms with E-state index in [0.29, 0.717) is 0 Å². The summed E-state index contributed by atoms with van der Waals surface area (Å²) in [6.07, 6.45) is 0. The van der Waals surface area contributed by atoms with Gasteiger partial charge in [-0.05, 0) is 0 Å². The van der Waals surface area contributed by atoms with Gasteiger partial charge in [-0.1, -0.05) is 0 Å². The minimum Gasteiger partial charge on any atom is -0.480 e. The number of carbonyl (C=O) groups is 1. The Morgan fingerprint density at radius 2 is 2.07 bits per heavy atom. The molecule has 0 unspecified atom stereocenters. The summed E-state index contributed by atoms with van der Waals surface area (Å²) in [5, 5.41) is 8.34. The molecule has 0 aromatic carbocycles. The van der Waals surface area contributed by atoms with E-state index in [1.165, 1.54) is 7.11 Å². The first-order valence-electron chi connectivity index (χ1n) is 3.80. The number of rotatable bonds is 7. The maximum Gasteiger partial charge on any atom is 0.350 e. The zero-order valence-electron chi connectivity index (χ0n) is 7.89. The number of aliphatic carboxylic acids is 1. The van der Waals surface area contributed by atoms with Gasteiger partial charge in [0, 0.05) is 13.7 Å². The molecule has 15 heavy (non-hydrogen) atoms. The number of carboxylic acids is 1. The summed E-state index contributed by atoms with van der Waals surface area (Å²) in [6, 6.07) is 0. The average molecular weight is 247 g/mol. The zero-order valence-corrected chi connectivity index (χ0v) is 8.71. The normalized spacial score (nSPS) is 12.3. The van der Waals surface area contributed by atoms with Gasteiger partial charge in [0.05, 0.1) is 6.61 Å². The fourth-order valence-electron chi connectivity index (χ4n) is 0.753. The van der Waals surface area contributed by atoms with Gasteiger partial charge >= 0.3 is 11.7 Å². The second-order valence-electron chi connectivity index (χ2n) is 2.53. The lowest BCUT2D eigenvalue weighted by atomic mass is 10.6. The molecular weight excluding hydrogens is 236 g/mol. The summed E-state index contributed by atoms with van der Waals surface area (Å²) in [4.78, 5) is 10.3. The molecule has 0 aliphatic heterocycles. The lowest BCUT2D eigenvalue weighted by Crippen LogP contribution is -2.40. The topological polar surface area (TPSA) is 83.9 Å². The van der Waals surface area contributed by atoms with E-state index < -0.39 is 34.8 Å². The van der Waals surface area contributed by atoms with Gasteiger partial charge in [0.1, 0.15) is 6.54 Å². The lowest BCUT2D eigenvalue weighted by Gasteiger charge is -2.18. The number of hydrogen-bond acceptors (Lipinski definition) is 4. The van der Waals surface area contributed by atoms with Gasteiger partial charge in [0.25, 0.3) is 10.0 Å². The summed E-state index contributed by atoms with van der Waals surface area (Å²) < 4.78 is 50.7. The van der Waals surface area contributed by atoms with Crippen molar-refractivity contribution in [2.75, 3.05) is 26.8 Å². The van der Waals surface area contributed by atoms with E-state index in [2.05, 4.69) is 4.74 Å². The predicted molar refractivity (Wildman–Crippen MR) is 46.0 cm³/mol. The van der Waals surface area contributed by atoms with Crippen molar-refractivity contribution in [3.63, 3.8) is 0 Å². The number of sulfonamides is 1. The lowest BCUT2D eigenvalue weighted by molar-refractivity contribution is -0.137. The Hall–Kier alpha value is -0.800. The van der Waals surface area contributed by atoms with Gasteiger partial charge < -0.3 is 9.84 Å². The van der Waals surface area contributed by atoms with Crippen LogP contribution in [0.2, 0.25) is 0 Å². The highest BCUT2D eigenvalue weighted by molar-refractivity contribution is 7.89. The van der Waals surface area contributed by atoms with Crippen LogP contribution in [0.25, 0.3) is 0 Å². The number of hydrogen-bond donors (Lipinski definition) is 1. The number of methoxy groups -OCH3 is 1. The molecule has 0 bridgehead atoms. The minimum atomic E-state index is -4.87. The van der Waals surface area contributed by atoms with Crippen LogP contribution in [0, 0.1) is 0 Å². The van der Waals surface area contributed by atoms with Crippen molar-refractivity contribution in [2.24, 2.45) is 0 Å². The van der Waals surface area contributed by atoms with E-state index in [0.717, 1.165) is 0 Å². The van der Waals surface area contributed by atoms with E-state index in [1.54, 1.807) is 0 Å². The average Bonchev–Trinajstić information content (AvgIpc) is 2.11. The Morgan fingerprint density at radius 1 is 1.53 bits per heavy atom. The summed E-state index contributed by atoms with van der Waals surface area (Å²) >= 11 is 0. The first-order chi connectivity index (χ1) is 6.82. The fourth-order valence-corrected chi connectivity index (χ4v) is 1.60. The third-order valence-corrected chi connectivity index (χ3v) is 2.92. The molecule has 0 radical (unpaired) electrons. The van der Waals surface area contributed by atoms with E-state index in [4.69, 9.17) is 5.11 Å². The van der Waals surface area contributed by atoms with Crippen molar-refractivity contribution in [2.45, 2.75) is 5.76 Å². The van der Waals surface area contributed by atoms with Gasteiger partial charge in [0.2, 0.25) is 0 Å². The van der Waals surface area contributed by atoms with Crippen LogP contribution in [-0.4, -0.2) is 56.4 Å². The molecule has 0 saturated carbocycles. The molecule has 0 atom stereocenters. The molecule has 0 aromatic heterocycles. The fraction of sp³-hybridized carbons (Fsp3) is 0.833. The molecule has 0 heterocycles. The highest BCUT2D eigenvalue weighted by Gasteiger charge is 2.32. The maximum atomic E-state index is 12.1. The van der Waals surface area contributed by atoms with Crippen molar-refractivity contribution in [1.82, 2.24) is 4.31 Å². The van der Waals surface area contributed by atoms with Crippen LogP contribution in [0.4, 0.5) is 8.78 Å². The maximum absolute atomic E-state index is 12.1. The molecule has 1 N–H and O–H groups in total. The van der Waals surface area contributed by atoms with E-state index in [-0.39, 0.29) is 10.9 Å². The van der Waals surface area contributed by atoms with Gasteiger partial charge in [-0.3, -0.25) is 4.79 Å². The van der Waals surface area contributed by atoms with Crippen LogP contribution in [0.5, 0.6) is 0 Å². The predicted octanol–water partition coefficient (Wildman–Crippen LogP) is -0.428. The minimum absolute atomic E-state index is 0.154. The monoisotopic (exact) mass is 247 g/mol. The van der Waals surface area contributed by atoms with Crippen LogP contribution >= 0.6 is 0 Å². The number of carboxylic acid groups (broad SMARTS) is 1. The molecule has 0 saturated heterocycles. The summed E-state index contributed by atoms with van der Waals surface area (Å²) in [5.41, 5.74) is 0. The zero-order chi connectivity index (χ0) is 12.1. The van der Waals surface area contributed by atoms with Crippen molar-refractivity contribution < 1.29 is 31.8 Å². The second-order valence-corrected chi connectivity index (χ2v) is 4.43. The van der Waals surface area contributed by atoms with Crippen LogP contribution in [-0.2, 0) is 19.6 Å². The molecule has 0 rings (SSSR count). The smallest absolute Gasteiger partial charge is 0.350 e. The molecule has 9 heteroatoms. The second kappa shape index (κ2) is 5.93. The quantitative estimate of drug-likeness (QED) is 0.660. The first-order valence-corrected chi connectivity index (χ1v) is 5.30. The molecule has 6 nitrogen and oxygen atoms in total. The van der Waals surface area contributed by atoms with Gasteiger partial charge in [0.15, 0.2) is 0 Å². The van der Waals surface area contributed by atoms with Crippen LogP contribution < -0.4 is 0 Å². The standard InChI is InChI=1S/C6H11F2NO5S/c1-14-3-2-9(4-5(10)11)15(12,13)6(7)8/h6H,2-4H2,1H3,(H,10,11). The van der Waals surface area contributed by atoms with Crippen LogP contribution in [0.3, 0.4) is 0 Å². The summed E-state index contributed by atoms with van der Waals surface area (Å²) in [5.74, 6) is -5.14. The SMILES string of the molecule is COCCN(CC(=O)O)S(=O)(=O)C(F)F. The molecule has 0 amide bonds. The van der Waals surface area contributed by atoms with Crippen molar-refractivity contribution in [3.05, 3.63) is 0 Å². The van der Waals surface area contributed by atoms with Gasteiger partial charge in [-0.15, -0.1) is 0 Å². The molecular formula is C6H11F2NO5S. The molecule has 0 aliphatic rings. The summed E-state index contributed by atoms with van der Waals surface area (Å²) in [6.45, 7) is -1.58. The van der Waals surface area contributed by atoms with Crippen molar-refractivity contribution >= 4 is 16.0 Å². The molecule has 90 valence electrons. The Balaban J connectivity index is 4.69. The Morgan fingerprint density at radius 3 is 2.40 bits per heavy atom. The molecule has 0 aliphatic carbocycles. The molecule has 0 fully saturated rings. The Labute approximate surface area is 85.5 Å². The van der Waals surface area contributed by atoms with Crippen molar-refractivity contribution in [3.8, 4) is 0 Å². The molecule has 0 spiro atoms. The molecule has 0 aromatic rings.